The first-order valence-electron chi connectivity index (χ1n) is 7.66. The van der Waals surface area contributed by atoms with Crippen LogP contribution in [0.15, 0.2) is 0 Å². The number of carboxylic acids is 1. The van der Waals surface area contributed by atoms with Crippen LogP contribution < -0.4 is 0 Å². The standard InChI is InChI=1S/C15H28N2O3/c1-5-8-16(9-6-2)14(20)17-10-7-15(11-17,12(3)4)13(18)19/h12H,5-11H2,1-4H3,(H,18,19). The van der Waals surface area contributed by atoms with E-state index in [1.165, 1.54) is 0 Å². The number of carbonyl (C=O) groups is 2. The van der Waals surface area contributed by atoms with Crippen molar-refractivity contribution in [1.82, 2.24) is 9.80 Å². The van der Waals surface area contributed by atoms with Gasteiger partial charge in [-0.05, 0) is 25.2 Å². The van der Waals surface area contributed by atoms with Gasteiger partial charge in [0, 0.05) is 26.2 Å². The summed E-state index contributed by atoms with van der Waals surface area (Å²) < 4.78 is 0. The summed E-state index contributed by atoms with van der Waals surface area (Å²) in [6.07, 6.45) is 2.40. The lowest BCUT2D eigenvalue weighted by Gasteiger charge is -2.31. The number of likely N-dealkylation sites (tertiary alicyclic amines) is 1. The molecule has 0 bridgehead atoms. The molecule has 116 valence electrons. The zero-order valence-corrected chi connectivity index (χ0v) is 13.2. The van der Waals surface area contributed by atoms with Gasteiger partial charge >= 0.3 is 12.0 Å². The second-order valence-electron chi connectivity index (χ2n) is 6.06. The lowest BCUT2D eigenvalue weighted by molar-refractivity contribution is -0.150. The Morgan fingerprint density at radius 1 is 1.25 bits per heavy atom. The van der Waals surface area contributed by atoms with Crippen molar-refractivity contribution in [3.8, 4) is 0 Å². The number of hydrogen-bond donors (Lipinski definition) is 1. The number of nitrogens with zero attached hydrogens (tertiary/aromatic N) is 2. The van der Waals surface area contributed by atoms with Crippen molar-refractivity contribution in [2.45, 2.75) is 47.0 Å². The second-order valence-corrected chi connectivity index (χ2v) is 6.06. The van der Waals surface area contributed by atoms with E-state index in [4.69, 9.17) is 0 Å². The molecule has 20 heavy (non-hydrogen) atoms. The fourth-order valence-electron chi connectivity index (χ4n) is 2.93. The predicted molar refractivity (Wildman–Crippen MR) is 78.6 cm³/mol. The molecule has 1 aliphatic heterocycles. The number of carboxylic acid groups (broad SMARTS) is 1. The molecule has 1 aliphatic rings. The summed E-state index contributed by atoms with van der Waals surface area (Å²) in [7, 11) is 0. The van der Waals surface area contributed by atoms with Crippen LogP contribution in [0.25, 0.3) is 0 Å². The van der Waals surface area contributed by atoms with E-state index in [-0.39, 0.29) is 11.9 Å². The Kier molecular flexibility index (Phi) is 5.84. The van der Waals surface area contributed by atoms with E-state index in [1.54, 1.807) is 4.90 Å². The molecule has 0 saturated carbocycles. The van der Waals surface area contributed by atoms with Crippen molar-refractivity contribution in [3.05, 3.63) is 0 Å². The Bertz CT molecular complexity index is 351. The Morgan fingerprint density at radius 2 is 1.80 bits per heavy atom. The molecule has 0 aromatic carbocycles. The van der Waals surface area contributed by atoms with Crippen molar-refractivity contribution >= 4 is 12.0 Å². The quantitative estimate of drug-likeness (QED) is 0.815. The smallest absolute Gasteiger partial charge is 0.320 e. The van der Waals surface area contributed by atoms with Crippen molar-refractivity contribution < 1.29 is 14.7 Å². The first-order chi connectivity index (χ1) is 9.39. The predicted octanol–water partition coefficient (Wildman–Crippen LogP) is 2.66. The molecule has 1 heterocycles. The van der Waals surface area contributed by atoms with Crippen molar-refractivity contribution in [1.29, 1.82) is 0 Å². The molecule has 5 heteroatoms. The summed E-state index contributed by atoms with van der Waals surface area (Å²) in [5.41, 5.74) is -0.778. The summed E-state index contributed by atoms with van der Waals surface area (Å²) in [5, 5.41) is 9.53. The maximum absolute atomic E-state index is 12.5. The molecule has 0 aromatic rings. The normalized spacial score (nSPS) is 22.4. The summed E-state index contributed by atoms with van der Waals surface area (Å²) >= 11 is 0. The van der Waals surface area contributed by atoms with E-state index in [1.807, 2.05) is 18.7 Å². The number of carbonyl (C=O) groups excluding carboxylic acids is 1. The van der Waals surface area contributed by atoms with Crippen LogP contribution in [0.4, 0.5) is 4.79 Å². The van der Waals surface area contributed by atoms with Gasteiger partial charge in [0.25, 0.3) is 0 Å². The maximum atomic E-state index is 12.5. The highest BCUT2D eigenvalue weighted by atomic mass is 16.4. The molecule has 1 N–H and O–H groups in total. The van der Waals surface area contributed by atoms with Crippen molar-refractivity contribution in [2.24, 2.45) is 11.3 Å². The average Bonchev–Trinajstić information content (AvgIpc) is 2.84. The van der Waals surface area contributed by atoms with Gasteiger partial charge in [0.2, 0.25) is 0 Å². The third-order valence-corrected chi connectivity index (χ3v) is 4.36. The van der Waals surface area contributed by atoms with Gasteiger partial charge in [-0.15, -0.1) is 0 Å². The van der Waals surface area contributed by atoms with E-state index in [9.17, 15) is 14.7 Å². The Labute approximate surface area is 121 Å². The third-order valence-electron chi connectivity index (χ3n) is 4.36. The molecule has 0 aliphatic carbocycles. The molecular formula is C15H28N2O3. The fraction of sp³-hybridized carbons (Fsp3) is 0.867. The molecule has 1 rings (SSSR count). The van der Waals surface area contributed by atoms with Gasteiger partial charge in [-0.25, -0.2) is 4.79 Å². The van der Waals surface area contributed by atoms with Crippen LogP contribution in [-0.4, -0.2) is 53.1 Å². The van der Waals surface area contributed by atoms with Gasteiger partial charge in [-0.1, -0.05) is 27.7 Å². The van der Waals surface area contributed by atoms with E-state index in [2.05, 4.69) is 13.8 Å². The van der Waals surface area contributed by atoms with Crippen molar-refractivity contribution in [2.75, 3.05) is 26.2 Å². The number of aliphatic carboxylic acids is 1. The average molecular weight is 284 g/mol. The molecule has 5 nitrogen and oxygen atoms in total. The highest BCUT2D eigenvalue weighted by Crippen LogP contribution is 2.38. The number of hydrogen-bond acceptors (Lipinski definition) is 2. The van der Waals surface area contributed by atoms with E-state index in [0.717, 1.165) is 25.9 Å². The van der Waals surface area contributed by atoms with Crippen LogP contribution in [-0.2, 0) is 4.79 Å². The van der Waals surface area contributed by atoms with E-state index >= 15 is 0 Å². The lowest BCUT2D eigenvalue weighted by atomic mass is 9.76. The number of amides is 2. The van der Waals surface area contributed by atoms with Gasteiger partial charge in [0.15, 0.2) is 0 Å². The zero-order chi connectivity index (χ0) is 15.3. The Hall–Kier alpha value is -1.26. The lowest BCUT2D eigenvalue weighted by Crippen LogP contribution is -2.46. The first kappa shape index (κ1) is 16.8. The van der Waals surface area contributed by atoms with Crippen LogP contribution in [0.5, 0.6) is 0 Å². The molecule has 2 amide bonds. The number of rotatable bonds is 6. The molecule has 0 aromatic heterocycles. The van der Waals surface area contributed by atoms with Gasteiger partial charge in [0.1, 0.15) is 0 Å². The molecular weight excluding hydrogens is 256 g/mol. The molecule has 0 spiro atoms. The highest BCUT2D eigenvalue weighted by Gasteiger charge is 2.48. The fourth-order valence-corrected chi connectivity index (χ4v) is 2.93. The van der Waals surface area contributed by atoms with Gasteiger partial charge < -0.3 is 14.9 Å². The minimum absolute atomic E-state index is 0.00234. The van der Waals surface area contributed by atoms with Gasteiger partial charge in [0.05, 0.1) is 5.41 Å². The van der Waals surface area contributed by atoms with Gasteiger partial charge in [-0.2, -0.15) is 0 Å². The van der Waals surface area contributed by atoms with Gasteiger partial charge in [-0.3, -0.25) is 4.79 Å². The largest absolute Gasteiger partial charge is 0.481 e. The Balaban J connectivity index is 2.79. The van der Waals surface area contributed by atoms with E-state index < -0.39 is 11.4 Å². The van der Waals surface area contributed by atoms with Crippen LogP contribution in [0, 0.1) is 11.3 Å². The summed E-state index contributed by atoms with van der Waals surface area (Å²) in [6, 6.07) is -0.00234. The summed E-state index contributed by atoms with van der Waals surface area (Å²) in [6.45, 7) is 10.3. The maximum Gasteiger partial charge on any atom is 0.320 e. The monoisotopic (exact) mass is 284 g/mol. The SMILES string of the molecule is CCCN(CCC)C(=O)N1CCC(C(=O)O)(C(C)C)C1. The summed E-state index contributed by atoms with van der Waals surface area (Å²) in [5.74, 6) is -0.746. The number of urea groups is 1. The molecule has 0 radical (unpaired) electrons. The van der Waals surface area contributed by atoms with Crippen LogP contribution in [0.1, 0.15) is 47.0 Å². The van der Waals surface area contributed by atoms with Crippen LogP contribution >= 0.6 is 0 Å². The van der Waals surface area contributed by atoms with Crippen molar-refractivity contribution in [3.63, 3.8) is 0 Å². The molecule has 1 atom stereocenters. The Morgan fingerprint density at radius 3 is 2.15 bits per heavy atom. The highest BCUT2D eigenvalue weighted by molar-refractivity contribution is 5.80. The summed E-state index contributed by atoms with van der Waals surface area (Å²) in [4.78, 5) is 27.7. The molecule has 1 unspecified atom stereocenters. The minimum atomic E-state index is -0.778. The van der Waals surface area contributed by atoms with Crippen LogP contribution in [0.3, 0.4) is 0 Å². The second kappa shape index (κ2) is 6.95. The molecule has 1 saturated heterocycles. The van der Waals surface area contributed by atoms with Crippen LogP contribution in [0.2, 0.25) is 0 Å². The molecule has 1 fully saturated rings. The first-order valence-corrected chi connectivity index (χ1v) is 7.66. The zero-order valence-electron chi connectivity index (χ0n) is 13.2. The minimum Gasteiger partial charge on any atom is -0.481 e. The third kappa shape index (κ3) is 3.25. The topological polar surface area (TPSA) is 60.9 Å². The van der Waals surface area contributed by atoms with E-state index in [0.29, 0.717) is 19.5 Å².